The van der Waals surface area contributed by atoms with Gasteiger partial charge < -0.3 is 15.2 Å². The van der Waals surface area contributed by atoms with E-state index in [4.69, 9.17) is 15.2 Å². The fourth-order valence-electron chi connectivity index (χ4n) is 1.06. The van der Waals surface area contributed by atoms with Gasteiger partial charge in [-0.1, -0.05) is 0 Å². The number of hydrogen-bond acceptors (Lipinski definition) is 6. The summed E-state index contributed by atoms with van der Waals surface area (Å²) in [6, 6.07) is 0. The Labute approximate surface area is 100 Å². The summed E-state index contributed by atoms with van der Waals surface area (Å²) in [5.41, 5.74) is 5.27. The van der Waals surface area contributed by atoms with E-state index in [-0.39, 0.29) is 23.7 Å². The van der Waals surface area contributed by atoms with Gasteiger partial charge >= 0.3 is 5.97 Å². The zero-order valence-electron chi connectivity index (χ0n) is 10.3. The fourth-order valence-corrected chi connectivity index (χ4v) is 1.06. The van der Waals surface area contributed by atoms with Gasteiger partial charge in [-0.2, -0.15) is 0 Å². The van der Waals surface area contributed by atoms with E-state index in [0.29, 0.717) is 6.61 Å². The van der Waals surface area contributed by atoms with Gasteiger partial charge in [0.05, 0.1) is 12.2 Å². The van der Waals surface area contributed by atoms with Crippen LogP contribution >= 0.6 is 0 Å². The van der Waals surface area contributed by atoms with Crippen LogP contribution in [0.3, 0.4) is 0 Å². The molecule has 0 saturated heterocycles. The summed E-state index contributed by atoms with van der Waals surface area (Å²) < 4.78 is 10.4. The zero-order valence-corrected chi connectivity index (χ0v) is 10.3. The Morgan fingerprint density at radius 1 is 1.29 bits per heavy atom. The van der Waals surface area contributed by atoms with Crippen LogP contribution in [0.5, 0.6) is 0 Å². The molecule has 0 amide bonds. The predicted octanol–water partition coefficient (Wildman–Crippen LogP) is 1.03. The number of nitrogens with two attached hydrogens (primary N) is 1. The number of aromatic nitrogens is 2. The van der Waals surface area contributed by atoms with Crippen LogP contribution in [0.2, 0.25) is 0 Å². The van der Waals surface area contributed by atoms with Crippen LogP contribution in [0.15, 0.2) is 12.4 Å². The van der Waals surface area contributed by atoms with Gasteiger partial charge in [-0.3, -0.25) is 0 Å². The first-order chi connectivity index (χ1) is 7.90. The molecule has 1 aromatic rings. The average molecular weight is 239 g/mol. The minimum absolute atomic E-state index is 0.0308. The summed E-state index contributed by atoms with van der Waals surface area (Å²) >= 11 is 0. The fraction of sp³-hybridized carbons (Fsp3) is 0.545. The molecular formula is C11H17N3O3. The van der Waals surface area contributed by atoms with Gasteiger partial charge in [0.2, 0.25) is 0 Å². The van der Waals surface area contributed by atoms with E-state index in [1.807, 2.05) is 20.8 Å². The third-order valence-corrected chi connectivity index (χ3v) is 1.77. The molecule has 6 heteroatoms. The molecule has 0 aliphatic rings. The van der Waals surface area contributed by atoms with Crippen molar-refractivity contribution >= 4 is 11.8 Å². The second-order valence-corrected chi connectivity index (χ2v) is 4.39. The number of anilines is 1. The molecule has 17 heavy (non-hydrogen) atoms. The Morgan fingerprint density at radius 3 is 2.53 bits per heavy atom. The highest BCUT2D eigenvalue weighted by Crippen LogP contribution is 2.07. The average Bonchev–Trinajstić information content (AvgIpc) is 2.23. The quantitative estimate of drug-likeness (QED) is 0.623. The van der Waals surface area contributed by atoms with Crippen molar-refractivity contribution in [3.05, 3.63) is 18.1 Å². The van der Waals surface area contributed by atoms with Crippen molar-refractivity contribution in [3.63, 3.8) is 0 Å². The first kappa shape index (κ1) is 13.4. The Bertz CT molecular complexity index is 388. The summed E-state index contributed by atoms with van der Waals surface area (Å²) in [6.45, 7) is 6.27. The number of nitrogens with zero attached hydrogens (tertiary/aromatic N) is 2. The smallest absolute Gasteiger partial charge is 0.360 e. The van der Waals surface area contributed by atoms with Gasteiger partial charge in [0, 0.05) is 12.4 Å². The van der Waals surface area contributed by atoms with E-state index < -0.39 is 5.97 Å². The first-order valence-electron chi connectivity index (χ1n) is 5.28. The standard InChI is InChI=1S/C11H17N3O3/c1-11(2,3)17-7-6-16-10(15)8-9(12)14-5-4-13-8/h4-5H,6-7H2,1-3H3,(H2,12,14). The molecule has 0 aliphatic heterocycles. The maximum absolute atomic E-state index is 11.5. The minimum Gasteiger partial charge on any atom is -0.458 e. The molecule has 0 fully saturated rings. The van der Waals surface area contributed by atoms with Gasteiger partial charge in [0.25, 0.3) is 0 Å². The Balaban J connectivity index is 2.39. The van der Waals surface area contributed by atoms with Crippen molar-refractivity contribution in [3.8, 4) is 0 Å². The molecule has 0 unspecified atom stereocenters. The van der Waals surface area contributed by atoms with E-state index in [2.05, 4.69) is 9.97 Å². The first-order valence-corrected chi connectivity index (χ1v) is 5.28. The highest BCUT2D eigenvalue weighted by atomic mass is 16.6. The third-order valence-electron chi connectivity index (χ3n) is 1.77. The summed E-state index contributed by atoms with van der Waals surface area (Å²) in [5.74, 6) is -0.526. The molecule has 0 atom stereocenters. The lowest BCUT2D eigenvalue weighted by molar-refractivity contribution is -0.0282. The molecule has 0 spiro atoms. The van der Waals surface area contributed by atoms with Gasteiger partial charge in [-0.05, 0) is 20.8 Å². The van der Waals surface area contributed by atoms with Crippen molar-refractivity contribution < 1.29 is 14.3 Å². The largest absolute Gasteiger partial charge is 0.458 e. The number of hydrogen-bond donors (Lipinski definition) is 1. The van der Waals surface area contributed by atoms with Crippen LogP contribution in [0.1, 0.15) is 31.3 Å². The van der Waals surface area contributed by atoms with Crippen LogP contribution in [0.4, 0.5) is 5.82 Å². The van der Waals surface area contributed by atoms with Crippen molar-refractivity contribution in [2.24, 2.45) is 0 Å². The highest BCUT2D eigenvalue weighted by Gasteiger charge is 2.14. The lowest BCUT2D eigenvalue weighted by atomic mass is 10.2. The molecule has 0 aliphatic carbocycles. The van der Waals surface area contributed by atoms with E-state index in [1.54, 1.807) is 0 Å². The molecule has 1 heterocycles. The van der Waals surface area contributed by atoms with Crippen molar-refractivity contribution in [2.75, 3.05) is 18.9 Å². The van der Waals surface area contributed by atoms with Crippen molar-refractivity contribution in [1.82, 2.24) is 9.97 Å². The number of carbonyl (C=O) groups excluding carboxylic acids is 1. The minimum atomic E-state index is -0.590. The van der Waals surface area contributed by atoms with Gasteiger partial charge in [-0.25, -0.2) is 14.8 Å². The molecule has 0 bridgehead atoms. The molecular weight excluding hydrogens is 222 g/mol. The number of carbonyl (C=O) groups is 1. The van der Waals surface area contributed by atoms with Crippen LogP contribution in [0, 0.1) is 0 Å². The maximum atomic E-state index is 11.5. The van der Waals surface area contributed by atoms with Crippen molar-refractivity contribution in [2.45, 2.75) is 26.4 Å². The maximum Gasteiger partial charge on any atom is 0.360 e. The van der Waals surface area contributed by atoms with Crippen molar-refractivity contribution in [1.29, 1.82) is 0 Å². The van der Waals surface area contributed by atoms with Gasteiger partial charge in [0.15, 0.2) is 11.5 Å². The number of esters is 1. The molecule has 2 N–H and O–H groups in total. The highest BCUT2D eigenvalue weighted by molar-refractivity contribution is 5.91. The predicted molar refractivity (Wildman–Crippen MR) is 62.4 cm³/mol. The second-order valence-electron chi connectivity index (χ2n) is 4.39. The summed E-state index contributed by atoms with van der Waals surface area (Å²) in [6.07, 6.45) is 2.80. The van der Waals surface area contributed by atoms with Crippen LogP contribution in [0.25, 0.3) is 0 Å². The van der Waals surface area contributed by atoms with Crippen LogP contribution < -0.4 is 5.73 Å². The Hall–Kier alpha value is -1.69. The van der Waals surface area contributed by atoms with E-state index in [0.717, 1.165) is 0 Å². The second kappa shape index (κ2) is 5.58. The van der Waals surface area contributed by atoms with Gasteiger partial charge in [-0.15, -0.1) is 0 Å². The van der Waals surface area contributed by atoms with Gasteiger partial charge in [0.1, 0.15) is 6.61 Å². The molecule has 0 aromatic carbocycles. The molecule has 1 rings (SSSR count). The Kier molecular flexibility index (Phi) is 4.39. The summed E-state index contributed by atoms with van der Waals surface area (Å²) in [4.78, 5) is 19.1. The Morgan fingerprint density at radius 2 is 1.94 bits per heavy atom. The van der Waals surface area contributed by atoms with E-state index in [1.165, 1.54) is 12.4 Å². The van der Waals surface area contributed by atoms with Crippen LogP contribution in [-0.4, -0.2) is 34.8 Å². The number of ether oxygens (including phenoxy) is 2. The SMILES string of the molecule is CC(C)(C)OCCOC(=O)c1nccnc1N. The lowest BCUT2D eigenvalue weighted by Crippen LogP contribution is -2.23. The number of rotatable bonds is 4. The molecule has 1 aromatic heterocycles. The van der Waals surface area contributed by atoms with E-state index >= 15 is 0 Å². The molecule has 6 nitrogen and oxygen atoms in total. The summed E-state index contributed by atoms with van der Waals surface area (Å²) in [7, 11) is 0. The lowest BCUT2D eigenvalue weighted by Gasteiger charge is -2.19. The topological polar surface area (TPSA) is 87.3 Å². The molecule has 0 saturated carbocycles. The third kappa shape index (κ3) is 4.78. The summed E-state index contributed by atoms with van der Waals surface area (Å²) in [5, 5.41) is 0. The van der Waals surface area contributed by atoms with E-state index in [9.17, 15) is 4.79 Å². The normalized spacial score (nSPS) is 11.2. The van der Waals surface area contributed by atoms with Crippen LogP contribution in [-0.2, 0) is 9.47 Å². The molecule has 0 radical (unpaired) electrons. The zero-order chi connectivity index (χ0) is 12.9. The number of nitrogen functional groups attached to an aromatic ring is 1. The molecule has 94 valence electrons. The monoisotopic (exact) mass is 239 g/mol.